The summed E-state index contributed by atoms with van der Waals surface area (Å²) >= 11 is 5.87. The summed E-state index contributed by atoms with van der Waals surface area (Å²) in [6, 6.07) is 4.87. The maximum Gasteiger partial charge on any atom is 0.251 e. The molecule has 0 aliphatic rings. The lowest BCUT2D eigenvalue weighted by Crippen LogP contribution is -2.31. The van der Waals surface area contributed by atoms with Crippen LogP contribution in [0.5, 0.6) is 0 Å². The van der Waals surface area contributed by atoms with Crippen molar-refractivity contribution in [1.82, 2.24) is 5.32 Å². The molecule has 0 atom stereocenters. The van der Waals surface area contributed by atoms with Crippen molar-refractivity contribution in [1.29, 1.82) is 0 Å². The third-order valence-electron chi connectivity index (χ3n) is 2.11. The monoisotopic (exact) mass is 276 g/mol. The second-order valence-corrected chi connectivity index (χ2v) is 5.73. The fourth-order valence-electron chi connectivity index (χ4n) is 1.14. The van der Waals surface area contributed by atoms with E-state index in [1.807, 2.05) is 6.92 Å². The molecule has 1 rings (SSSR count). The van der Waals surface area contributed by atoms with Crippen LogP contribution in [0.3, 0.4) is 0 Å². The van der Waals surface area contributed by atoms with Crippen LogP contribution in [0.15, 0.2) is 18.2 Å². The summed E-state index contributed by atoms with van der Waals surface area (Å²) in [7, 11) is -3.56. The van der Waals surface area contributed by atoms with Gasteiger partial charge in [0.05, 0.1) is 5.75 Å². The molecular weight excluding hydrogens is 264 g/mol. The number of hydrogen-bond acceptors (Lipinski definition) is 3. The number of carbonyl (C=O) groups is 1. The minimum Gasteiger partial charge on any atom is -0.351 e. The van der Waals surface area contributed by atoms with E-state index in [0.717, 1.165) is 5.56 Å². The number of sulfonamides is 1. The van der Waals surface area contributed by atoms with Crippen molar-refractivity contribution in [3.8, 4) is 0 Å². The molecule has 0 bridgehead atoms. The van der Waals surface area contributed by atoms with Gasteiger partial charge in [0.2, 0.25) is 10.0 Å². The second kappa shape index (κ2) is 5.48. The number of primary sulfonamides is 1. The smallest absolute Gasteiger partial charge is 0.251 e. The number of nitrogens with two attached hydrogens (primary N) is 1. The van der Waals surface area contributed by atoms with E-state index in [1.165, 1.54) is 6.07 Å². The van der Waals surface area contributed by atoms with E-state index < -0.39 is 10.0 Å². The average Bonchev–Trinajstić information content (AvgIpc) is 2.20. The standard InChI is InChI=1S/C10H13ClN2O3S/c1-7-2-3-8(6-9(7)11)10(14)13-4-5-17(12,15)16/h2-3,6H,4-5H2,1H3,(H,13,14)(H2,12,15,16). The van der Waals surface area contributed by atoms with Gasteiger partial charge in [0.15, 0.2) is 0 Å². The third-order valence-corrected chi connectivity index (χ3v) is 3.29. The molecule has 94 valence electrons. The van der Waals surface area contributed by atoms with Gasteiger partial charge in [-0.2, -0.15) is 0 Å². The van der Waals surface area contributed by atoms with Gasteiger partial charge in [-0.15, -0.1) is 0 Å². The molecule has 0 saturated heterocycles. The summed E-state index contributed by atoms with van der Waals surface area (Å²) in [4.78, 5) is 11.6. The van der Waals surface area contributed by atoms with Crippen LogP contribution in [0.2, 0.25) is 5.02 Å². The Labute approximate surface area is 105 Å². The zero-order chi connectivity index (χ0) is 13.1. The Hall–Kier alpha value is -1.11. The number of rotatable bonds is 4. The third kappa shape index (κ3) is 4.72. The molecule has 7 heteroatoms. The SMILES string of the molecule is Cc1ccc(C(=O)NCCS(N)(=O)=O)cc1Cl. The summed E-state index contributed by atoms with van der Waals surface area (Å²) in [6.07, 6.45) is 0. The Morgan fingerprint density at radius 2 is 2.12 bits per heavy atom. The normalized spacial score (nSPS) is 11.2. The van der Waals surface area contributed by atoms with Crippen LogP contribution in [-0.2, 0) is 10.0 Å². The van der Waals surface area contributed by atoms with Crippen molar-refractivity contribution in [3.05, 3.63) is 34.3 Å². The zero-order valence-electron chi connectivity index (χ0n) is 9.23. The van der Waals surface area contributed by atoms with Gasteiger partial charge in [-0.25, -0.2) is 13.6 Å². The van der Waals surface area contributed by atoms with E-state index in [2.05, 4.69) is 5.32 Å². The highest BCUT2D eigenvalue weighted by molar-refractivity contribution is 7.89. The molecule has 0 saturated carbocycles. The zero-order valence-corrected chi connectivity index (χ0v) is 10.8. The Bertz CT molecular complexity index is 528. The number of hydrogen-bond donors (Lipinski definition) is 2. The van der Waals surface area contributed by atoms with Crippen LogP contribution in [0, 0.1) is 6.92 Å². The van der Waals surface area contributed by atoms with Crippen LogP contribution in [0.4, 0.5) is 0 Å². The van der Waals surface area contributed by atoms with Crippen molar-refractivity contribution in [3.63, 3.8) is 0 Å². The molecule has 5 nitrogen and oxygen atoms in total. The molecule has 0 radical (unpaired) electrons. The summed E-state index contributed by atoms with van der Waals surface area (Å²) in [5.74, 6) is -0.672. The fraction of sp³-hybridized carbons (Fsp3) is 0.300. The van der Waals surface area contributed by atoms with Gasteiger partial charge in [0.25, 0.3) is 5.91 Å². The van der Waals surface area contributed by atoms with Crippen molar-refractivity contribution in [2.75, 3.05) is 12.3 Å². The molecule has 0 aliphatic heterocycles. The number of carbonyl (C=O) groups excluding carboxylic acids is 1. The summed E-state index contributed by atoms with van der Waals surface area (Å²) < 4.78 is 21.3. The number of nitrogens with one attached hydrogen (secondary N) is 1. The predicted octanol–water partition coefficient (Wildman–Crippen LogP) is 0.667. The minimum atomic E-state index is -3.56. The molecule has 17 heavy (non-hydrogen) atoms. The molecular formula is C10H13ClN2O3S. The quantitative estimate of drug-likeness (QED) is 0.847. The predicted molar refractivity (Wildman–Crippen MR) is 66.5 cm³/mol. The van der Waals surface area contributed by atoms with Gasteiger partial charge < -0.3 is 5.32 Å². The van der Waals surface area contributed by atoms with Gasteiger partial charge in [-0.3, -0.25) is 4.79 Å². The summed E-state index contributed by atoms with van der Waals surface area (Å²) in [5, 5.41) is 7.74. The Morgan fingerprint density at radius 3 is 2.65 bits per heavy atom. The number of halogens is 1. The second-order valence-electron chi connectivity index (χ2n) is 3.59. The minimum absolute atomic E-state index is 0.0246. The molecule has 0 aliphatic carbocycles. The Balaban J connectivity index is 2.61. The lowest BCUT2D eigenvalue weighted by molar-refractivity contribution is 0.0956. The molecule has 0 unspecified atom stereocenters. The molecule has 0 heterocycles. The summed E-state index contributed by atoms with van der Waals surface area (Å²) in [5.41, 5.74) is 1.25. The van der Waals surface area contributed by atoms with Crippen molar-refractivity contribution < 1.29 is 13.2 Å². The van der Waals surface area contributed by atoms with E-state index in [4.69, 9.17) is 16.7 Å². The molecule has 1 amide bonds. The average molecular weight is 277 g/mol. The van der Waals surface area contributed by atoms with E-state index in [1.54, 1.807) is 12.1 Å². The van der Waals surface area contributed by atoms with Gasteiger partial charge in [0, 0.05) is 17.1 Å². The first kappa shape index (κ1) is 14.0. The summed E-state index contributed by atoms with van der Waals surface area (Å²) in [6.45, 7) is 1.80. The molecule has 1 aromatic carbocycles. The van der Waals surface area contributed by atoms with Crippen LogP contribution >= 0.6 is 11.6 Å². The Morgan fingerprint density at radius 1 is 1.47 bits per heavy atom. The molecule has 3 N–H and O–H groups in total. The fourth-order valence-corrected chi connectivity index (χ4v) is 1.71. The number of amides is 1. The topological polar surface area (TPSA) is 89.3 Å². The molecule has 0 fully saturated rings. The van der Waals surface area contributed by atoms with Gasteiger partial charge in [0.1, 0.15) is 0 Å². The Kier molecular flexibility index (Phi) is 4.50. The van der Waals surface area contributed by atoms with E-state index in [9.17, 15) is 13.2 Å². The van der Waals surface area contributed by atoms with Gasteiger partial charge >= 0.3 is 0 Å². The molecule has 1 aromatic rings. The first-order valence-electron chi connectivity index (χ1n) is 4.84. The van der Waals surface area contributed by atoms with Gasteiger partial charge in [-0.1, -0.05) is 17.7 Å². The number of benzene rings is 1. The van der Waals surface area contributed by atoms with E-state index >= 15 is 0 Å². The largest absolute Gasteiger partial charge is 0.351 e. The highest BCUT2D eigenvalue weighted by atomic mass is 35.5. The van der Waals surface area contributed by atoms with Crippen molar-refractivity contribution in [2.24, 2.45) is 5.14 Å². The maximum absolute atomic E-state index is 11.6. The van der Waals surface area contributed by atoms with Crippen molar-refractivity contribution >= 4 is 27.5 Å². The molecule has 0 spiro atoms. The maximum atomic E-state index is 11.6. The lowest BCUT2D eigenvalue weighted by atomic mass is 10.1. The van der Waals surface area contributed by atoms with Crippen LogP contribution in [0.25, 0.3) is 0 Å². The lowest BCUT2D eigenvalue weighted by Gasteiger charge is -2.05. The van der Waals surface area contributed by atoms with E-state index in [0.29, 0.717) is 10.6 Å². The van der Waals surface area contributed by atoms with Crippen LogP contribution in [0.1, 0.15) is 15.9 Å². The van der Waals surface area contributed by atoms with E-state index in [-0.39, 0.29) is 18.2 Å². The first-order valence-corrected chi connectivity index (χ1v) is 6.94. The van der Waals surface area contributed by atoms with Crippen LogP contribution in [-0.4, -0.2) is 26.6 Å². The highest BCUT2D eigenvalue weighted by Gasteiger charge is 2.08. The highest BCUT2D eigenvalue weighted by Crippen LogP contribution is 2.16. The number of aryl methyl sites for hydroxylation is 1. The first-order chi connectivity index (χ1) is 7.79. The van der Waals surface area contributed by atoms with Crippen molar-refractivity contribution in [2.45, 2.75) is 6.92 Å². The molecule has 0 aromatic heterocycles. The van der Waals surface area contributed by atoms with Crippen LogP contribution < -0.4 is 10.5 Å². The van der Waals surface area contributed by atoms with Gasteiger partial charge in [-0.05, 0) is 24.6 Å².